The van der Waals surface area contributed by atoms with Gasteiger partial charge in [0, 0.05) is 6.61 Å². The highest BCUT2D eigenvalue weighted by Gasteiger charge is 1.91. The number of halogens is 1. The van der Waals surface area contributed by atoms with Crippen molar-refractivity contribution in [3.05, 3.63) is 0 Å². The van der Waals surface area contributed by atoms with Crippen LogP contribution in [0.5, 0.6) is 0 Å². The lowest BCUT2D eigenvalue weighted by atomic mass is 10.2. The van der Waals surface area contributed by atoms with Crippen molar-refractivity contribution in [3.8, 4) is 0 Å². The van der Waals surface area contributed by atoms with Crippen molar-refractivity contribution in [2.75, 3.05) is 37.5 Å². The van der Waals surface area contributed by atoms with Crippen LogP contribution in [-0.2, 0) is 9.47 Å². The summed E-state index contributed by atoms with van der Waals surface area (Å²) in [5, 5.41) is 8.42. The van der Waals surface area contributed by atoms with Crippen molar-refractivity contribution in [2.24, 2.45) is 0 Å². The van der Waals surface area contributed by atoms with E-state index in [1.54, 1.807) is 0 Å². The van der Waals surface area contributed by atoms with Gasteiger partial charge in [0.25, 0.3) is 0 Å². The topological polar surface area (TPSA) is 38.7 Å². The summed E-state index contributed by atoms with van der Waals surface area (Å²) < 4.78 is 11.7. The van der Waals surface area contributed by atoms with E-state index in [1.807, 2.05) is 0 Å². The highest BCUT2D eigenvalue weighted by molar-refractivity contribution is 14.1. The Morgan fingerprint density at radius 2 is 1.43 bits per heavy atom. The Labute approximate surface area is 100 Å². The minimum atomic E-state index is 0.0936. The van der Waals surface area contributed by atoms with Crippen LogP contribution in [0.25, 0.3) is 0 Å². The number of alkyl halides is 1. The number of hydrogen-bond acceptors (Lipinski definition) is 3. The maximum atomic E-state index is 8.42. The molecule has 1 N–H and O–H groups in total. The summed E-state index contributed by atoms with van der Waals surface area (Å²) in [4.78, 5) is 0. The molecule has 0 aromatic rings. The lowest BCUT2D eigenvalue weighted by Gasteiger charge is -2.04. The zero-order valence-corrected chi connectivity index (χ0v) is 10.9. The first kappa shape index (κ1) is 14.6. The molecule has 0 aromatic carbocycles. The summed E-state index contributed by atoms with van der Waals surface area (Å²) in [5.74, 6) is 0. The van der Waals surface area contributed by atoms with Crippen molar-refractivity contribution in [1.29, 1.82) is 0 Å². The molecule has 0 radical (unpaired) electrons. The third kappa shape index (κ3) is 12.6. The van der Waals surface area contributed by atoms with Crippen LogP contribution in [-0.4, -0.2) is 42.6 Å². The summed E-state index contributed by atoms with van der Waals surface area (Å²) in [6.07, 6.45) is 5.05. The van der Waals surface area contributed by atoms with Gasteiger partial charge in [0.1, 0.15) is 0 Å². The number of ether oxygens (including phenoxy) is 2. The second kappa shape index (κ2) is 13.6. The maximum Gasteiger partial charge on any atom is 0.0701 e. The molecule has 0 unspecified atom stereocenters. The normalized spacial score (nSPS) is 10.7. The summed E-state index contributed by atoms with van der Waals surface area (Å²) in [5.41, 5.74) is 0. The van der Waals surface area contributed by atoms with Crippen LogP contribution in [0.3, 0.4) is 0 Å². The van der Waals surface area contributed by atoms with E-state index >= 15 is 0 Å². The van der Waals surface area contributed by atoms with Crippen LogP contribution >= 0.6 is 22.6 Å². The smallest absolute Gasteiger partial charge is 0.0701 e. The minimum absolute atomic E-state index is 0.0936. The van der Waals surface area contributed by atoms with E-state index in [9.17, 15) is 0 Å². The summed E-state index contributed by atoms with van der Waals surface area (Å²) in [7, 11) is 0. The van der Waals surface area contributed by atoms with E-state index in [0.717, 1.165) is 13.0 Å². The average molecular weight is 316 g/mol. The molecule has 0 saturated heterocycles. The number of hydrogen-bond donors (Lipinski definition) is 1. The fraction of sp³-hybridized carbons (Fsp3) is 1.00. The standard InChI is InChI=1S/C10H21IO3/c11-5-3-1-2-4-7-13-9-10-14-8-6-12/h12H,1-10H2. The second-order valence-corrected chi connectivity index (χ2v) is 4.13. The van der Waals surface area contributed by atoms with Crippen LogP contribution in [0.1, 0.15) is 25.7 Å². The Bertz CT molecular complexity index is 89.4. The fourth-order valence-corrected chi connectivity index (χ4v) is 1.58. The Morgan fingerprint density at radius 1 is 0.786 bits per heavy atom. The molecule has 86 valence electrons. The molecular weight excluding hydrogens is 295 g/mol. The van der Waals surface area contributed by atoms with Crippen LogP contribution in [0.2, 0.25) is 0 Å². The van der Waals surface area contributed by atoms with Gasteiger partial charge in [0.15, 0.2) is 0 Å². The lowest BCUT2D eigenvalue weighted by molar-refractivity contribution is 0.0321. The van der Waals surface area contributed by atoms with Crippen molar-refractivity contribution < 1.29 is 14.6 Å². The van der Waals surface area contributed by atoms with E-state index in [0.29, 0.717) is 19.8 Å². The summed E-state index contributed by atoms with van der Waals surface area (Å²) in [6, 6.07) is 0. The molecule has 14 heavy (non-hydrogen) atoms. The number of rotatable bonds is 11. The van der Waals surface area contributed by atoms with Gasteiger partial charge in [-0.05, 0) is 17.3 Å². The Balaban J connectivity index is 2.78. The van der Waals surface area contributed by atoms with Gasteiger partial charge in [-0.2, -0.15) is 0 Å². The third-order valence-corrected chi connectivity index (χ3v) is 2.54. The van der Waals surface area contributed by atoms with Gasteiger partial charge in [-0.25, -0.2) is 0 Å². The molecule has 0 fully saturated rings. The second-order valence-electron chi connectivity index (χ2n) is 3.05. The van der Waals surface area contributed by atoms with Gasteiger partial charge in [0.2, 0.25) is 0 Å². The highest BCUT2D eigenvalue weighted by Crippen LogP contribution is 2.02. The first-order chi connectivity index (χ1) is 6.91. The van der Waals surface area contributed by atoms with Crippen molar-refractivity contribution in [1.82, 2.24) is 0 Å². The van der Waals surface area contributed by atoms with Gasteiger partial charge in [-0.15, -0.1) is 0 Å². The summed E-state index contributed by atoms with van der Waals surface area (Å²) >= 11 is 2.41. The van der Waals surface area contributed by atoms with Gasteiger partial charge in [-0.3, -0.25) is 0 Å². The van der Waals surface area contributed by atoms with E-state index in [2.05, 4.69) is 22.6 Å². The number of aliphatic hydroxyl groups excluding tert-OH is 1. The van der Waals surface area contributed by atoms with Gasteiger partial charge >= 0.3 is 0 Å². The molecule has 0 aliphatic rings. The zero-order valence-electron chi connectivity index (χ0n) is 8.71. The molecule has 0 aromatic heterocycles. The molecule has 0 aliphatic carbocycles. The molecular formula is C10H21IO3. The fourth-order valence-electron chi connectivity index (χ4n) is 1.04. The van der Waals surface area contributed by atoms with E-state index in [1.165, 1.54) is 23.7 Å². The van der Waals surface area contributed by atoms with Crippen LogP contribution in [0.4, 0.5) is 0 Å². The quantitative estimate of drug-likeness (QED) is 0.360. The average Bonchev–Trinajstić information content (AvgIpc) is 2.21. The Morgan fingerprint density at radius 3 is 2.07 bits per heavy atom. The predicted molar refractivity (Wildman–Crippen MR) is 66.1 cm³/mol. The van der Waals surface area contributed by atoms with Gasteiger partial charge in [0.05, 0.1) is 26.4 Å². The van der Waals surface area contributed by atoms with Crippen LogP contribution in [0.15, 0.2) is 0 Å². The van der Waals surface area contributed by atoms with Crippen LogP contribution in [0, 0.1) is 0 Å². The molecule has 0 aliphatic heterocycles. The summed E-state index contributed by atoms with van der Waals surface area (Å²) in [6.45, 7) is 2.58. The van der Waals surface area contributed by atoms with E-state index in [-0.39, 0.29) is 6.61 Å². The van der Waals surface area contributed by atoms with E-state index in [4.69, 9.17) is 14.6 Å². The van der Waals surface area contributed by atoms with E-state index < -0.39 is 0 Å². The number of unbranched alkanes of at least 4 members (excludes halogenated alkanes) is 3. The van der Waals surface area contributed by atoms with Crippen molar-refractivity contribution in [2.45, 2.75) is 25.7 Å². The number of aliphatic hydroxyl groups is 1. The zero-order chi connectivity index (χ0) is 10.5. The Kier molecular flexibility index (Phi) is 14.2. The predicted octanol–water partition coefficient (Wildman–Crippen LogP) is 2.01. The molecule has 0 heterocycles. The first-order valence-corrected chi connectivity index (χ1v) is 6.76. The van der Waals surface area contributed by atoms with Crippen molar-refractivity contribution in [3.63, 3.8) is 0 Å². The molecule has 0 saturated carbocycles. The molecule has 0 rings (SSSR count). The monoisotopic (exact) mass is 316 g/mol. The molecule has 0 atom stereocenters. The molecule has 0 amide bonds. The maximum absolute atomic E-state index is 8.42. The Hall–Kier alpha value is 0.610. The largest absolute Gasteiger partial charge is 0.394 e. The molecule has 3 nitrogen and oxygen atoms in total. The third-order valence-electron chi connectivity index (χ3n) is 1.78. The highest BCUT2D eigenvalue weighted by atomic mass is 127. The minimum Gasteiger partial charge on any atom is -0.394 e. The lowest BCUT2D eigenvalue weighted by Crippen LogP contribution is -2.07. The molecule has 0 bridgehead atoms. The first-order valence-electron chi connectivity index (χ1n) is 5.24. The molecule has 0 spiro atoms. The molecule has 4 heteroatoms. The van der Waals surface area contributed by atoms with Crippen molar-refractivity contribution >= 4 is 22.6 Å². The van der Waals surface area contributed by atoms with Crippen LogP contribution < -0.4 is 0 Å². The SMILES string of the molecule is OCCOCCOCCCCCCI. The van der Waals surface area contributed by atoms with Gasteiger partial charge in [-0.1, -0.05) is 35.4 Å². The van der Waals surface area contributed by atoms with Gasteiger partial charge < -0.3 is 14.6 Å².